The summed E-state index contributed by atoms with van der Waals surface area (Å²) in [6.45, 7) is 1.56. The molecule has 0 spiro atoms. The first-order chi connectivity index (χ1) is 6.98. The smallest absolute Gasteiger partial charge is 0.227 e. The second-order valence-electron chi connectivity index (χ2n) is 2.90. The van der Waals surface area contributed by atoms with Crippen LogP contribution in [0.1, 0.15) is 11.4 Å². The minimum absolute atomic E-state index is 0.414. The fourth-order valence-electron chi connectivity index (χ4n) is 1.13. The Morgan fingerprint density at radius 3 is 2.60 bits per heavy atom. The zero-order valence-electron chi connectivity index (χ0n) is 7.62. The molecular formula is C8H6F3N3S. The molecular weight excluding hydrogens is 227 g/mol. The lowest BCUT2D eigenvalue weighted by molar-refractivity contribution is -0.141. The van der Waals surface area contributed by atoms with E-state index < -0.39 is 11.9 Å². The van der Waals surface area contributed by atoms with Crippen molar-refractivity contribution in [1.29, 1.82) is 0 Å². The van der Waals surface area contributed by atoms with Gasteiger partial charge < -0.3 is 0 Å². The van der Waals surface area contributed by atoms with Crippen LogP contribution >= 0.6 is 11.3 Å². The summed E-state index contributed by atoms with van der Waals surface area (Å²) in [6.07, 6.45) is -2.89. The molecule has 2 aromatic heterocycles. The number of hydrogen-bond acceptors (Lipinski definition) is 3. The third kappa shape index (κ3) is 1.87. The Balaban J connectivity index is 2.47. The molecule has 3 nitrogen and oxygen atoms in total. The van der Waals surface area contributed by atoms with E-state index in [1.165, 1.54) is 22.2 Å². The maximum Gasteiger partial charge on any atom is 0.435 e. The Hall–Kier alpha value is -1.37. The second-order valence-corrected chi connectivity index (χ2v) is 3.77. The summed E-state index contributed by atoms with van der Waals surface area (Å²) < 4.78 is 38.2. The van der Waals surface area contributed by atoms with Gasteiger partial charge in [-0.15, -0.1) is 11.3 Å². The van der Waals surface area contributed by atoms with Crippen LogP contribution in [0.15, 0.2) is 17.6 Å². The zero-order valence-corrected chi connectivity index (χ0v) is 8.43. The van der Waals surface area contributed by atoms with E-state index >= 15 is 0 Å². The van der Waals surface area contributed by atoms with Gasteiger partial charge in [0.1, 0.15) is 0 Å². The average molecular weight is 233 g/mol. The zero-order chi connectivity index (χ0) is 11.1. The number of rotatable bonds is 1. The Morgan fingerprint density at radius 2 is 2.13 bits per heavy atom. The third-order valence-electron chi connectivity index (χ3n) is 1.78. The van der Waals surface area contributed by atoms with Crippen molar-refractivity contribution in [2.24, 2.45) is 0 Å². The summed E-state index contributed by atoms with van der Waals surface area (Å²) in [4.78, 5) is 3.89. The van der Waals surface area contributed by atoms with Crippen molar-refractivity contribution in [3.8, 4) is 5.13 Å². The van der Waals surface area contributed by atoms with Crippen LogP contribution in [0.2, 0.25) is 0 Å². The van der Waals surface area contributed by atoms with E-state index in [-0.39, 0.29) is 0 Å². The van der Waals surface area contributed by atoms with Crippen LogP contribution in [0.5, 0.6) is 0 Å². The standard InChI is InChI=1S/C8H6F3N3S/c1-5-4-6(8(9,10)11)13-14(5)7-12-2-3-15-7/h2-4H,1H3. The Kier molecular flexibility index (Phi) is 2.26. The van der Waals surface area contributed by atoms with Crippen molar-refractivity contribution in [2.75, 3.05) is 0 Å². The van der Waals surface area contributed by atoms with Crippen molar-refractivity contribution < 1.29 is 13.2 Å². The molecule has 0 aliphatic carbocycles. The van der Waals surface area contributed by atoms with Gasteiger partial charge in [-0.2, -0.15) is 18.3 Å². The van der Waals surface area contributed by atoms with Gasteiger partial charge in [-0.3, -0.25) is 0 Å². The number of thiazole rings is 1. The monoisotopic (exact) mass is 233 g/mol. The lowest BCUT2D eigenvalue weighted by Crippen LogP contribution is -2.07. The molecule has 0 atom stereocenters. The molecule has 2 rings (SSSR count). The summed E-state index contributed by atoms with van der Waals surface area (Å²) >= 11 is 1.24. The first kappa shape index (κ1) is 10.2. The molecule has 15 heavy (non-hydrogen) atoms. The fraction of sp³-hybridized carbons (Fsp3) is 0.250. The van der Waals surface area contributed by atoms with Gasteiger partial charge in [0.25, 0.3) is 0 Å². The molecule has 0 amide bonds. The van der Waals surface area contributed by atoms with Crippen LogP contribution in [0.25, 0.3) is 5.13 Å². The van der Waals surface area contributed by atoms with Crippen molar-refractivity contribution in [3.63, 3.8) is 0 Å². The summed E-state index contributed by atoms with van der Waals surface area (Å²) in [6, 6.07) is 1.00. The second kappa shape index (κ2) is 3.34. The maximum absolute atomic E-state index is 12.3. The van der Waals surface area contributed by atoms with Gasteiger partial charge in [-0.25, -0.2) is 9.67 Å². The molecule has 0 saturated carbocycles. The van der Waals surface area contributed by atoms with Crippen molar-refractivity contribution in [1.82, 2.24) is 14.8 Å². The van der Waals surface area contributed by atoms with Crippen LogP contribution in [-0.4, -0.2) is 14.8 Å². The minimum atomic E-state index is -4.41. The highest BCUT2D eigenvalue weighted by Crippen LogP contribution is 2.29. The number of halogens is 3. The molecule has 80 valence electrons. The fourth-order valence-corrected chi connectivity index (χ4v) is 1.78. The summed E-state index contributed by atoms with van der Waals surface area (Å²) in [7, 11) is 0. The highest BCUT2D eigenvalue weighted by Gasteiger charge is 2.34. The Morgan fingerprint density at radius 1 is 1.40 bits per heavy atom. The van der Waals surface area contributed by atoms with Gasteiger partial charge in [0.2, 0.25) is 5.13 Å². The van der Waals surface area contributed by atoms with E-state index in [0.717, 1.165) is 6.07 Å². The molecule has 0 bridgehead atoms. The van der Waals surface area contributed by atoms with Gasteiger partial charge in [0, 0.05) is 17.3 Å². The van der Waals surface area contributed by atoms with E-state index in [2.05, 4.69) is 10.1 Å². The average Bonchev–Trinajstić information content (AvgIpc) is 2.69. The van der Waals surface area contributed by atoms with E-state index in [4.69, 9.17) is 0 Å². The number of aromatic nitrogens is 3. The Bertz CT molecular complexity index is 458. The number of aryl methyl sites for hydroxylation is 1. The topological polar surface area (TPSA) is 30.7 Å². The third-order valence-corrected chi connectivity index (χ3v) is 2.53. The van der Waals surface area contributed by atoms with Crippen molar-refractivity contribution >= 4 is 11.3 Å². The van der Waals surface area contributed by atoms with E-state index in [1.807, 2.05) is 0 Å². The lowest BCUT2D eigenvalue weighted by atomic mass is 10.4. The van der Waals surface area contributed by atoms with Crippen LogP contribution in [0.3, 0.4) is 0 Å². The van der Waals surface area contributed by atoms with Crippen molar-refractivity contribution in [2.45, 2.75) is 13.1 Å². The summed E-state index contributed by atoms with van der Waals surface area (Å²) in [5.41, 5.74) is -0.479. The van der Waals surface area contributed by atoms with Gasteiger partial charge in [-0.1, -0.05) is 0 Å². The summed E-state index contributed by atoms with van der Waals surface area (Å²) in [5, 5.41) is 5.58. The lowest BCUT2D eigenvalue weighted by Gasteiger charge is -2.00. The summed E-state index contributed by atoms with van der Waals surface area (Å²) in [5.74, 6) is 0. The van der Waals surface area contributed by atoms with E-state index in [1.54, 1.807) is 12.3 Å². The predicted octanol–water partition coefficient (Wildman–Crippen LogP) is 2.66. The highest BCUT2D eigenvalue weighted by molar-refractivity contribution is 7.12. The van der Waals surface area contributed by atoms with Gasteiger partial charge in [-0.05, 0) is 13.0 Å². The van der Waals surface area contributed by atoms with E-state index in [0.29, 0.717) is 10.8 Å². The van der Waals surface area contributed by atoms with Crippen molar-refractivity contribution in [3.05, 3.63) is 29.0 Å². The predicted molar refractivity (Wildman–Crippen MR) is 49.0 cm³/mol. The molecule has 0 fully saturated rings. The van der Waals surface area contributed by atoms with Crippen LogP contribution in [0.4, 0.5) is 13.2 Å². The van der Waals surface area contributed by atoms with E-state index in [9.17, 15) is 13.2 Å². The molecule has 0 aliphatic heterocycles. The van der Waals surface area contributed by atoms with Crippen LogP contribution in [0, 0.1) is 6.92 Å². The highest BCUT2D eigenvalue weighted by atomic mass is 32.1. The molecule has 0 aromatic carbocycles. The minimum Gasteiger partial charge on any atom is -0.227 e. The normalized spacial score (nSPS) is 12.0. The molecule has 7 heteroatoms. The number of alkyl halides is 3. The number of hydrogen-bond donors (Lipinski definition) is 0. The molecule has 2 aromatic rings. The largest absolute Gasteiger partial charge is 0.435 e. The van der Waals surface area contributed by atoms with Gasteiger partial charge in [0.15, 0.2) is 5.69 Å². The SMILES string of the molecule is Cc1cc(C(F)(F)F)nn1-c1nccs1. The molecule has 2 heterocycles. The first-order valence-corrected chi connectivity index (χ1v) is 4.90. The van der Waals surface area contributed by atoms with Gasteiger partial charge >= 0.3 is 6.18 Å². The van der Waals surface area contributed by atoms with Crippen LogP contribution in [-0.2, 0) is 6.18 Å². The molecule has 0 aliphatic rings. The molecule has 0 radical (unpaired) electrons. The quantitative estimate of drug-likeness (QED) is 0.758. The molecule has 0 unspecified atom stereocenters. The van der Waals surface area contributed by atoms with Crippen LogP contribution < -0.4 is 0 Å². The Labute approximate surface area is 87.2 Å². The van der Waals surface area contributed by atoms with Gasteiger partial charge in [0.05, 0.1) is 0 Å². The first-order valence-electron chi connectivity index (χ1n) is 4.02. The maximum atomic E-state index is 12.3. The number of nitrogens with zero attached hydrogens (tertiary/aromatic N) is 3. The molecule has 0 saturated heterocycles. The molecule has 0 N–H and O–H groups in total.